The fourth-order valence-electron chi connectivity index (χ4n) is 1.78. The smallest absolute Gasteiger partial charge is 0.119 e. The highest BCUT2D eigenvalue weighted by atomic mass is 31.0. The molecule has 0 aliphatic rings. The van der Waals surface area contributed by atoms with Crippen molar-refractivity contribution in [2.24, 2.45) is 0 Å². The van der Waals surface area contributed by atoms with Crippen LogP contribution in [0.1, 0.15) is 5.56 Å². The van der Waals surface area contributed by atoms with Crippen LogP contribution in [0.4, 0.5) is 0 Å². The van der Waals surface area contributed by atoms with Gasteiger partial charge in [-0.3, -0.25) is 0 Å². The molecule has 82 valence electrons. The van der Waals surface area contributed by atoms with Gasteiger partial charge in [0.2, 0.25) is 0 Å². The summed E-state index contributed by atoms with van der Waals surface area (Å²) in [5, 5.41) is 1.20. The summed E-state index contributed by atoms with van der Waals surface area (Å²) < 4.78 is 5.29. The lowest BCUT2D eigenvalue weighted by molar-refractivity contribution is 0.414. The summed E-state index contributed by atoms with van der Waals surface area (Å²) in [6.45, 7) is 2.08. The molecule has 16 heavy (non-hydrogen) atoms. The molecule has 2 heteroatoms. The third kappa shape index (κ3) is 2.25. The largest absolute Gasteiger partial charge is 0.497 e. The summed E-state index contributed by atoms with van der Waals surface area (Å²) in [7, 11) is 4.47. The standard InChI is InChI=1S/C14H15OP/c1-10-7-11(9-12(8-10)15-2)13-5-3-4-6-14(13)16/h3-9H,16H2,1-2H3. The lowest BCUT2D eigenvalue weighted by Crippen LogP contribution is -1.96. The fraction of sp³-hybridized carbons (Fsp3) is 0.143. The minimum absolute atomic E-state index is 0.906. The maximum absolute atomic E-state index is 5.29. The maximum atomic E-state index is 5.29. The fourth-order valence-corrected chi connectivity index (χ4v) is 2.16. The minimum Gasteiger partial charge on any atom is -0.497 e. The zero-order valence-corrected chi connectivity index (χ0v) is 10.7. The molecule has 0 heterocycles. The lowest BCUT2D eigenvalue weighted by Gasteiger charge is -2.09. The molecule has 1 nitrogen and oxygen atoms in total. The number of ether oxygens (including phenoxy) is 1. The minimum atomic E-state index is 0.906. The zero-order chi connectivity index (χ0) is 11.5. The Balaban J connectivity index is 2.56. The third-order valence-electron chi connectivity index (χ3n) is 2.56. The molecule has 0 saturated heterocycles. The Morgan fingerprint density at radius 2 is 1.81 bits per heavy atom. The van der Waals surface area contributed by atoms with Crippen molar-refractivity contribution in [1.29, 1.82) is 0 Å². The van der Waals surface area contributed by atoms with Crippen molar-refractivity contribution < 1.29 is 4.74 Å². The average Bonchev–Trinajstić information content (AvgIpc) is 2.28. The molecule has 0 bridgehead atoms. The summed E-state index contributed by atoms with van der Waals surface area (Å²) in [5.41, 5.74) is 3.64. The molecule has 0 amide bonds. The highest BCUT2D eigenvalue weighted by Crippen LogP contribution is 2.25. The first-order valence-corrected chi connectivity index (χ1v) is 5.79. The van der Waals surface area contributed by atoms with Gasteiger partial charge in [-0.2, -0.15) is 0 Å². The van der Waals surface area contributed by atoms with E-state index in [1.54, 1.807) is 7.11 Å². The third-order valence-corrected chi connectivity index (χ3v) is 3.06. The van der Waals surface area contributed by atoms with Gasteiger partial charge in [0.15, 0.2) is 0 Å². The van der Waals surface area contributed by atoms with Crippen molar-refractivity contribution in [1.82, 2.24) is 0 Å². The second-order valence-electron chi connectivity index (χ2n) is 3.83. The quantitative estimate of drug-likeness (QED) is 0.720. The van der Waals surface area contributed by atoms with E-state index in [-0.39, 0.29) is 0 Å². The summed E-state index contributed by atoms with van der Waals surface area (Å²) in [6, 6.07) is 14.6. The molecule has 0 spiro atoms. The number of hydrogen-bond donors (Lipinski definition) is 0. The van der Waals surface area contributed by atoms with Crippen LogP contribution in [0.3, 0.4) is 0 Å². The molecule has 2 rings (SSSR count). The van der Waals surface area contributed by atoms with Crippen molar-refractivity contribution >= 4 is 14.5 Å². The van der Waals surface area contributed by atoms with E-state index >= 15 is 0 Å². The Morgan fingerprint density at radius 1 is 1.06 bits per heavy atom. The van der Waals surface area contributed by atoms with Crippen LogP contribution in [-0.2, 0) is 0 Å². The van der Waals surface area contributed by atoms with Crippen LogP contribution in [0, 0.1) is 6.92 Å². The Bertz CT molecular complexity index is 506. The molecule has 0 aliphatic heterocycles. The van der Waals surface area contributed by atoms with E-state index in [9.17, 15) is 0 Å². The van der Waals surface area contributed by atoms with Crippen LogP contribution < -0.4 is 10.0 Å². The van der Waals surface area contributed by atoms with E-state index in [1.807, 2.05) is 12.1 Å². The van der Waals surface area contributed by atoms with E-state index in [1.165, 1.54) is 22.0 Å². The number of methoxy groups -OCH3 is 1. The van der Waals surface area contributed by atoms with Crippen molar-refractivity contribution in [2.75, 3.05) is 7.11 Å². The lowest BCUT2D eigenvalue weighted by atomic mass is 10.0. The molecule has 0 aromatic heterocycles. The number of benzene rings is 2. The van der Waals surface area contributed by atoms with Gasteiger partial charge in [0.1, 0.15) is 5.75 Å². The summed E-state index contributed by atoms with van der Waals surface area (Å²) in [4.78, 5) is 0. The maximum Gasteiger partial charge on any atom is 0.119 e. The predicted molar refractivity (Wildman–Crippen MR) is 72.5 cm³/mol. The van der Waals surface area contributed by atoms with E-state index in [2.05, 4.69) is 46.5 Å². The van der Waals surface area contributed by atoms with Gasteiger partial charge in [0.25, 0.3) is 0 Å². The van der Waals surface area contributed by atoms with Crippen molar-refractivity contribution in [3.05, 3.63) is 48.0 Å². The Labute approximate surface area is 98.7 Å². The van der Waals surface area contributed by atoms with Crippen LogP contribution in [0.2, 0.25) is 0 Å². The first-order valence-electron chi connectivity index (χ1n) is 5.21. The first-order chi connectivity index (χ1) is 7.70. The normalized spacial score (nSPS) is 10.2. The Hall–Kier alpha value is -1.33. The molecule has 0 aliphatic carbocycles. The molecular formula is C14H15OP. The highest BCUT2D eigenvalue weighted by molar-refractivity contribution is 7.28. The van der Waals surface area contributed by atoms with Crippen molar-refractivity contribution in [3.63, 3.8) is 0 Å². The second-order valence-corrected chi connectivity index (χ2v) is 4.45. The molecule has 1 atom stereocenters. The van der Waals surface area contributed by atoms with E-state index < -0.39 is 0 Å². The molecule has 0 saturated carbocycles. The van der Waals surface area contributed by atoms with E-state index in [0.29, 0.717) is 0 Å². The van der Waals surface area contributed by atoms with Gasteiger partial charge in [0, 0.05) is 0 Å². The van der Waals surface area contributed by atoms with Crippen LogP contribution in [-0.4, -0.2) is 7.11 Å². The summed E-state index contributed by atoms with van der Waals surface area (Å²) >= 11 is 0. The van der Waals surface area contributed by atoms with Gasteiger partial charge in [-0.15, -0.1) is 9.24 Å². The first kappa shape index (κ1) is 11.2. The van der Waals surface area contributed by atoms with Gasteiger partial charge in [0.05, 0.1) is 7.11 Å². The van der Waals surface area contributed by atoms with Crippen LogP contribution in [0.5, 0.6) is 5.75 Å². The number of hydrogen-bond acceptors (Lipinski definition) is 1. The predicted octanol–water partition coefficient (Wildman–Crippen LogP) is 3.17. The van der Waals surface area contributed by atoms with Gasteiger partial charge in [-0.05, 0) is 41.1 Å². The summed E-state index contributed by atoms with van der Waals surface area (Å²) in [6.07, 6.45) is 0. The van der Waals surface area contributed by atoms with E-state index in [4.69, 9.17) is 4.74 Å². The van der Waals surface area contributed by atoms with Gasteiger partial charge in [-0.25, -0.2) is 0 Å². The van der Waals surface area contributed by atoms with Crippen LogP contribution in [0.25, 0.3) is 11.1 Å². The SMILES string of the molecule is COc1cc(C)cc(-c2ccccc2P)c1. The van der Waals surface area contributed by atoms with E-state index in [0.717, 1.165) is 5.75 Å². The number of rotatable bonds is 2. The zero-order valence-electron chi connectivity index (χ0n) is 9.53. The molecule has 2 aromatic carbocycles. The molecule has 2 aromatic rings. The monoisotopic (exact) mass is 230 g/mol. The average molecular weight is 230 g/mol. The molecular weight excluding hydrogens is 215 g/mol. The number of aryl methyl sites for hydroxylation is 1. The molecule has 1 unspecified atom stereocenters. The van der Waals surface area contributed by atoms with Gasteiger partial charge in [-0.1, -0.05) is 30.3 Å². The molecule has 0 radical (unpaired) electrons. The highest BCUT2D eigenvalue weighted by Gasteiger charge is 2.03. The molecule has 0 fully saturated rings. The Morgan fingerprint density at radius 3 is 2.50 bits per heavy atom. The topological polar surface area (TPSA) is 9.23 Å². The van der Waals surface area contributed by atoms with Crippen LogP contribution >= 0.6 is 9.24 Å². The summed E-state index contributed by atoms with van der Waals surface area (Å²) in [5.74, 6) is 0.906. The molecule has 0 N–H and O–H groups in total. The van der Waals surface area contributed by atoms with Gasteiger partial charge < -0.3 is 4.74 Å². The van der Waals surface area contributed by atoms with Crippen LogP contribution in [0.15, 0.2) is 42.5 Å². The van der Waals surface area contributed by atoms with Crippen molar-refractivity contribution in [2.45, 2.75) is 6.92 Å². The van der Waals surface area contributed by atoms with Crippen molar-refractivity contribution in [3.8, 4) is 16.9 Å². The second kappa shape index (κ2) is 4.67. The Kier molecular flexibility index (Phi) is 3.26. The van der Waals surface area contributed by atoms with Gasteiger partial charge >= 0.3 is 0 Å².